The van der Waals surface area contributed by atoms with E-state index in [0.717, 1.165) is 12.1 Å². The minimum Gasteiger partial charge on any atom is -0.487 e. The Kier molecular flexibility index (Phi) is 6.86. The molecule has 5 nitrogen and oxygen atoms in total. The molecule has 0 bridgehead atoms. The van der Waals surface area contributed by atoms with Crippen molar-refractivity contribution in [3.8, 4) is 5.75 Å². The molecule has 0 aliphatic rings. The molecule has 1 atom stereocenters. The summed E-state index contributed by atoms with van der Waals surface area (Å²) in [6.45, 7) is 4.55. The Bertz CT molecular complexity index is 1230. The Balaban J connectivity index is 1.97. The van der Waals surface area contributed by atoms with Crippen molar-refractivity contribution in [3.63, 3.8) is 0 Å². The third kappa shape index (κ3) is 5.47. The highest BCUT2D eigenvalue weighted by Crippen LogP contribution is 2.33. The SMILES string of the molecule is CC(C)(C)[C@H](NC(=O)c1ccc2ccccc2c1OCc1ccc(C(F)(F)F)cc1F)C(=O)O. The summed E-state index contributed by atoms with van der Waals surface area (Å²) in [6.07, 6.45) is -4.69. The van der Waals surface area contributed by atoms with Crippen LogP contribution in [0.15, 0.2) is 54.6 Å². The molecule has 0 unspecified atom stereocenters. The summed E-state index contributed by atoms with van der Waals surface area (Å²) >= 11 is 0. The van der Waals surface area contributed by atoms with E-state index in [1.165, 1.54) is 6.07 Å². The van der Waals surface area contributed by atoms with Gasteiger partial charge >= 0.3 is 12.1 Å². The maximum atomic E-state index is 14.3. The third-order valence-corrected chi connectivity index (χ3v) is 5.27. The molecule has 9 heteroatoms. The van der Waals surface area contributed by atoms with Gasteiger partial charge in [-0.25, -0.2) is 9.18 Å². The van der Waals surface area contributed by atoms with Gasteiger partial charge in [0.2, 0.25) is 0 Å². The summed E-state index contributed by atoms with van der Waals surface area (Å²) in [5.41, 5.74) is -2.03. The molecule has 3 aromatic rings. The summed E-state index contributed by atoms with van der Waals surface area (Å²) in [5, 5.41) is 13.2. The number of benzene rings is 3. The zero-order chi connectivity index (χ0) is 25.3. The average molecular weight is 477 g/mol. The second kappa shape index (κ2) is 9.32. The lowest BCUT2D eigenvalue weighted by atomic mass is 9.86. The third-order valence-electron chi connectivity index (χ3n) is 5.27. The molecule has 0 aliphatic carbocycles. The van der Waals surface area contributed by atoms with E-state index in [-0.39, 0.29) is 16.9 Å². The number of nitrogens with one attached hydrogen (secondary N) is 1. The van der Waals surface area contributed by atoms with E-state index in [1.54, 1.807) is 51.1 Å². The maximum Gasteiger partial charge on any atom is 0.416 e. The number of alkyl halides is 3. The zero-order valence-electron chi connectivity index (χ0n) is 18.7. The first-order valence-electron chi connectivity index (χ1n) is 10.3. The van der Waals surface area contributed by atoms with Crippen molar-refractivity contribution in [2.75, 3.05) is 0 Å². The van der Waals surface area contributed by atoms with E-state index >= 15 is 0 Å². The Hall–Kier alpha value is -3.62. The quantitative estimate of drug-likeness (QED) is 0.440. The molecule has 0 heterocycles. The van der Waals surface area contributed by atoms with Crippen LogP contribution in [-0.2, 0) is 17.6 Å². The average Bonchev–Trinajstić information content (AvgIpc) is 2.74. The summed E-state index contributed by atoms with van der Waals surface area (Å²) < 4.78 is 58.6. The molecule has 0 radical (unpaired) electrons. The number of fused-ring (bicyclic) bond motifs is 1. The number of amides is 1. The molecule has 0 aliphatic heterocycles. The lowest BCUT2D eigenvalue weighted by Crippen LogP contribution is -2.49. The summed E-state index contributed by atoms with van der Waals surface area (Å²) in [6, 6.07) is 10.9. The maximum absolute atomic E-state index is 14.3. The number of carboxylic acids is 1. The molecule has 0 fully saturated rings. The van der Waals surface area contributed by atoms with Crippen LogP contribution in [0.5, 0.6) is 5.75 Å². The van der Waals surface area contributed by atoms with Crippen molar-refractivity contribution < 1.29 is 37.0 Å². The molecule has 3 rings (SSSR count). The molecule has 3 aromatic carbocycles. The van der Waals surface area contributed by atoms with Gasteiger partial charge in [-0.1, -0.05) is 57.2 Å². The second-order valence-electron chi connectivity index (χ2n) is 8.87. The van der Waals surface area contributed by atoms with Gasteiger partial charge in [0.15, 0.2) is 0 Å². The summed E-state index contributed by atoms with van der Waals surface area (Å²) in [5.74, 6) is -2.96. The predicted molar refractivity (Wildman–Crippen MR) is 118 cm³/mol. The van der Waals surface area contributed by atoms with Crippen LogP contribution in [0.1, 0.15) is 42.3 Å². The van der Waals surface area contributed by atoms with Crippen LogP contribution in [0.2, 0.25) is 0 Å². The van der Waals surface area contributed by atoms with Gasteiger partial charge in [0, 0.05) is 10.9 Å². The van der Waals surface area contributed by atoms with Gasteiger partial charge in [0.25, 0.3) is 5.91 Å². The molecule has 0 aromatic heterocycles. The predicted octanol–water partition coefficient (Wildman–Crippen LogP) is 5.81. The number of carboxylic acid groups (broad SMARTS) is 1. The van der Waals surface area contributed by atoms with Crippen LogP contribution in [-0.4, -0.2) is 23.0 Å². The zero-order valence-corrected chi connectivity index (χ0v) is 18.7. The highest BCUT2D eigenvalue weighted by molar-refractivity contribution is 6.05. The number of aliphatic carboxylic acids is 1. The van der Waals surface area contributed by atoms with E-state index in [1.807, 2.05) is 0 Å². The van der Waals surface area contributed by atoms with Crippen molar-refractivity contribution in [2.45, 2.75) is 39.6 Å². The van der Waals surface area contributed by atoms with Crippen LogP contribution in [0.25, 0.3) is 10.8 Å². The standard InChI is InChI=1S/C25H23F4NO4/c1-24(2,3)21(23(32)33)30-22(31)18-11-9-14-6-4-5-7-17(14)20(18)34-13-15-8-10-16(12-19(15)26)25(27,28)29/h4-12,21H,13H2,1-3H3,(H,30,31)(H,32,33)/t21-/m1/s1. The van der Waals surface area contributed by atoms with Gasteiger partial charge in [-0.3, -0.25) is 4.79 Å². The van der Waals surface area contributed by atoms with Crippen molar-refractivity contribution in [3.05, 3.63) is 77.1 Å². The summed E-state index contributed by atoms with van der Waals surface area (Å²) in [4.78, 5) is 24.7. The van der Waals surface area contributed by atoms with E-state index in [0.29, 0.717) is 16.8 Å². The molecule has 0 saturated heterocycles. The van der Waals surface area contributed by atoms with Gasteiger partial charge in [0.1, 0.15) is 24.2 Å². The van der Waals surface area contributed by atoms with Crippen LogP contribution >= 0.6 is 0 Å². The Morgan fingerprint density at radius 3 is 2.29 bits per heavy atom. The van der Waals surface area contributed by atoms with Gasteiger partial charge in [-0.2, -0.15) is 13.2 Å². The molecule has 180 valence electrons. The number of hydrogen-bond acceptors (Lipinski definition) is 3. The van der Waals surface area contributed by atoms with Crippen molar-refractivity contribution in [1.82, 2.24) is 5.32 Å². The minimum absolute atomic E-state index is 0.0153. The normalized spacial score (nSPS) is 12.9. The first kappa shape index (κ1) is 25.0. The fourth-order valence-electron chi connectivity index (χ4n) is 3.43. The van der Waals surface area contributed by atoms with Gasteiger partial charge < -0.3 is 15.2 Å². The highest BCUT2D eigenvalue weighted by Gasteiger charge is 2.34. The fourth-order valence-corrected chi connectivity index (χ4v) is 3.43. The Labute approximate surface area is 193 Å². The number of carbonyl (C=O) groups is 2. The smallest absolute Gasteiger partial charge is 0.416 e. The molecule has 34 heavy (non-hydrogen) atoms. The number of ether oxygens (including phenoxy) is 1. The monoisotopic (exact) mass is 477 g/mol. The van der Waals surface area contributed by atoms with Crippen molar-refractivity contribution >= 4 is 22.6 Å². The number of halogens is 4. The van der Waals surface area contributed by atoms with E-state index < -0.39 is 47.5 Å². The number of rotatable bonds is 6. The van der Waals surface area contributed by atoms with Crippen LogP contribution in [0.4, 0.5) is 17.6 Å². The number of carbonyl (C=O) groups excluding carboxylic acids is 1. The summed E-state index contributed by atoms with van der Waals surface area (Å²) in [7, 11) is 0. The number of hydrogen-bond donors (Lipinski definition) is 2. The van der Waals surface area contributed by atoms with Gasteiger partial charge in [0.05, 0.1) is 11.1 Å². The largest absolute Gasteiger partial charge is 0.487 e. The fraction of sp³-hybridized carbons (Fsp3) is 0.280. The van der Waals surface area contributed by atoms with Crippen LogP contribution in [0.3, 0.4) is 0 Å². The lowest BCUT2D eigenvalue weighted by Gasteiger charge is -2.28. The molecular formula is C25H23F4NO4. The van der Waals surface area contributed by atoms with Crippen LogP contribution in [0, 0.1) is 11.2 Å². The van der Waals surface area contributed by atoms with E-state index in [2.05, 4.69) is 5.32 Å². The second-order valence-corrected chi connectivity index (χ2v) is 8.87. The van der Waals surface area contributed by atoms with Crippen LogP contribution < -0.4 is 10.1 Å². The van der Waals surface area contributed by atoms with Gasteiger partial charge in [-0.15, -0.1) is 0 Å². The minimum atomic E-state index is -4.69. The van der Waals surface area contributed by atoms with E-state index in [4.69, 9.17) is 4.74 Å². The van der Waals surface area contributed by atoms with Crippen molar-refractivity contribution in [2.24, 2.45) is 5.41 Å². The first-order chi connectivity index (χ1) is 15.8. The highest BCUT2D eigenvalue weighted by atomic mass is 19.4. The first-order valence-corrected chi connectivity index (χ1v) is 10.3. The molecule has 0 saturated carbocycles. The molecule has 2 N–H and O–H groups in total. The topological polar surface area (TPSA) is 75.6 Å². The Morgan fingerprint density at radius 2 is 1.71 bits per heavy atom. The molecule has 0 spiro atoms. The van der Waals surface area contributed by atoms with Crippen molar-refractivity contribution in [1.29, 1.82) is 0 Å². The molecular weight excluding hydrogens is 454 g/mol. The van der Waals surface area contributed by atoms with Gasteiger partial charge in [-0.05, 0) is 29.0 Å². The van der Waals surface area contributed by atoms with E-state index in [9.17, 15) is 32.3 Å². The lowest BCUT2D eigenvalue weighted by molar-refractivity contribution is -0.142. The molecule has 1 amide bonds. The Morgan fingerprint density at radius 1 is 1.03 bits per heavy atom.